The highest BCUT2D eigenvalue weighted by atomic mass is 35.5. The summed E-state index contributed by atoms with van der Waals surface area (Å²) in [5, 5.41) is 20.1. The largest absolute Gasteiger partial charge is 0.362 e. The fourth-order valence-electron chi connectivity index (χ4n) is 1.94. The summed E-state index contributed by atoms with van der Waals surface area (Å²) in [6.45, 7) is 0.517. The van der Waals surface area contributed by atoms with Gasteiger partial charge in [0.1, 0.15) is 5.69 Å². The molecule has 0 heterocycles. The zero-order chi connectivity index (χ0) is 13.1. The minimum absolute atomic E-state index is 0.00680. The lowest BCUT2D eigenvalue weighted by Gasteiger charge is -2.23. The average Bonchev–Trinajstić information content (AvgIpc) is 3.15. The number of anilines is 1. The van der Waals surface area contributed by atoms with Crippen molar-refractivity contribution in [1.82, 2.24) is 0 Å². The average molecular weight is 266 g/mol. The molecule has 1 aliphatic carbocycles. The maximum absolute atomic E-state index is 11.1. The van der Waals surface area contributed by atoms with Crippen molar-refractivity contribution in [2.75, 3.05) is 11.4 Å². The van der Waals surface area contributed by atoms with Gasteiger partial charge in [0.25, 0.3) is 5.69 Å². The lowest BCUT2D eigenvalue weighted by atomic mass is 10.2. The fourth-order valence-corrected chi connectivity index (χ4v) is 2.11. The van der Waals surface area contributed by atoms with E-state index in [9.17, 15) is 10.1 Å². The molecular weight excluding hydrogens is 254 g/mol. The van der Waals surface area contributed by atoms with Crippen LogP contribution in [0.25, 0.3) is 0 Å². The summed E-state index contributed by atoms with van der Waals surface area (Å²) in [6.07, 6.45) is 2.40. The minimum atomic E-state index is -0.428. The van der Waals surface area contributed by atoms with Gasteiger partial charge in [-0.25, -0.2) is 0 Å². The van der Waals surface area contributed by atoms with Gasteiger partial charge in [0, 0.05) is 23.7 Å². The predicted molar refractivity (Wildman–Crippen MR) is 68.7 cm³/mol. The maximum atomic E-state index is 11.1. The molecule has 18 heavy (non-hydrogen) atoms. The molecule has 1 aromatic carbocycles. The Balaban J connectivity index is 2.34. The van der Waals surface area contributed by atoms with Crippen LogP contribution in [0.15, 0.2) is 18.2 Å². The molecule has 1 saturated carbocycles. The van der Waals surface area contributed by atoms with Crippen LogP contribution in [0.2, 0.25) is 5.02 Å². The summed E-state index contributed by atoms with van der Waals surface area (Å²) in [5.41, 5.74) is 0.564. The van der Waals surface area contributed by atoms with Crippen LogP contribution in [0.5, 0.6) is 0 Å². The molecule has 5 nitrogen and oxygen atoms in total. The zero-order valence-corrected chi connectivity index (χ0v) is 10.4. The van der Waals surface area contributed by atoms with Gasteiger partial charge in [0.05, 0.1) is 17.4 Å². The van der Waals surface area contributed by atoms with Crippen LogP contribution in [-0.4, -0.2) is 17.5 Å². The Morgan fingerprint density at radius 2 is 2.28 bits per heavy atom. The van der Waals surface area contributed by atoms with E-state index in [1.807, 2.05) is 4.90 Å². The molecule has 2 rings (SSSR count). The summed E-state index contributed by atoms with van der Waals surface area (Å²) in [5.74, 6) is 0. The van der Waals surface area contributed by atoms with E-state index in [2.05, 4.69) is 6.07 Å². The number of hydrogen-bond donors (Lipinski definition) is 0. The number of benzene rings is 1. The Morgan fingerprint density at radius 1 is 1.56 bits per heavy atom. The van der Waals surface area contributed by atoms with Crippen LogP contribution in [0, 0.1) is 21.4 Å². The Kier molecular flexibility index (Phi) is 3.68. The number of nitriles is 1. The van der Waals surface area contributed by atoms with Gasteiger partial charge < -0.3 is 4.90 Å². The molecular formula is C12H12ClN3O2. The van der Waals surface area contributed by atoms with E-state index < -0.39 is 4.92 Å². The Hall–Kier alpha value is -1.80. The SMILES string of the molecule is N#CCCN(c1ccc(Cl)cc1[N+](=O)[O-])C1CC1. The van der Waals surface area contributed by atoms with Gasteiger partial charge in [-0.2, -0.15) is 5.26 Å². The highest BCUT2D eigenvalue weighted by Crippen LogP contribution is 2.38. The second kappa shape index (κ2) is 5.23. The standard InChI is InChI=1S/C12H12ClN3O2/c13-9-2-5-11(12(8-9)16(17)18)15(7-1-6-14)10-3-4-10/h2,5,8,10H,1,3-4,7H2. The van der Waals surface area contributed by atoms with Crippen LogP contribution in [0.3, 0.4) is 0 Å². The Bertz CT molecular complexity index is 509. The van der Waals surface area contributed by atoms with Crippen molar-refractivity contribution in [1.29, 1.82) is 5.26 Å². The van der Waals surface area contributed by atoms with E-state index in [4.69, 9.17) is 16.9 Å². The lowest BCUT2D eigenvalue weighted by molar-refractivity contribution is -0.384. The lowest BCUT2D eigenvalue weighted by Crippen LogP contribution is -2.27. The normalized spacial score (nSPS) is 14.0. The second-order valence-electron chi connectivity index (χ2n) is 4.22. The number of nitro groups is 1. The first kappa shape index (κ1) is 12.7. The van der Waals surface area contributed by atoms with E-state index >= 15 is 0 Å². The van der Waals surface area contributed by atoms with Crippen molar-refractivity contribution in [3.05, 3.63) is 33.3 Å². The first-order chi connectivity index (χ1) is 8.63. The fraction of sp³-hybridized carbons (Fsp3) is 0.417. The quantitative estimate of drug-likeness (QED) is 0.606. The Morgan fingerprint density at radius 3 is 2.83 bits per heavy atom. The molecule has 0 radical (unpaired) electrons. The summed E-state index contributed by atoms with van der Waals surface area (Å²) in [4.78, 5) is 12.6. The van der Waals surface area contributed by atoms with Crippen molar-refractivity contribution < 1.29 is 4.92 Å². The van der Waals surface area contributed by atoms with Crippen molar-refractivity contribution in [2.45, 2.75) is 25.3 Å². The molecule has 0 amide bonds. The van der Waals surface area contributed by atoms with Crippen LogP contribution in [0.1, 0.15) is 19.3 Å². The van der Waals surface area contributed by atoms with Crippen LogP contribution < -0.4 is 4.90 Å². The van der Waals surface area contributed by atoms with Crippen LogP contribution in [-0.2, 0) is 0 Å². The first-order valence-electron chi connectivity index (χ1n) is 5.71. The first-order valence-corrected chi connectivity index (χ1v) is 6.09. The van der Waals surface area contributed by atoms with Gasteiger partial charge in [-0.05, 0) is 25.0 Å². The molecule has 0 N–H and O–H groups in total. The smallest absolute Gasteiger partial charge is 0.294 e. The van der Waals surface area contributed by atoms with Crippen LogP contribution >= 0.6 is 11.6 Å². The van der Waals surface area contributed by atoms with E-state index in [0.29, 0.717) is 29.7 Å². The van der Waals surface area contributed by atoms with E-state index in [1.165, 1.54) is 6.07 Å². The van der Waals surface area contributed by atoms with Crippen molar-refractivity contribution in [3.63, 3.8) is 0 Å². The minimum Gasteiger partial charge on any atom is -0.362 e. The predicted octanol–water partition coefficient (Wildman–Crippen LogP) is 3.13. The van der Waals surface area contributed by atoms with Crippen LogP contribution in [0.4, 0.5) is 11.4 Å². The molecule has 0 unspecified atom stereocenters. The second-order valence-corrected chi connectivity index (χ2v) is 4.66. The van der Waals surface area contributed by atoms with E-state index in [1.54, 1.807) is 12.1 Å². The van der Waals surface area contributed by atoms with Gasteiger partial charge >= 0.3 is 0 Å². The molecule has 1 aliphatic rings. The molecule has 0 saturated heterocycles. The summed E-state index contributed by atoms with van der Waals surface area (Å²) in [6, 6.07) is 7.06. The van der Waals surface area contributed by atoms with Crippen molar-refractivity contribution >= 4 is 23.0 Å². The molecule has 0 spiro atoms. The number of nitro benzene ring substituents is 1. The van der Waals surface area contributed by atoms with Crippen molar-refractivity contribution in [2.24, 2.45) is 0 Å². The molecule has 0 bridgehead atoms. The van der Waals surface area contributed by atoms with Gasteiger partial charge in [0.15, 0.2) is 0 Å². The zero-order valence-electron chi connectivity index (χ0n) is 9.67. The van der Waals surface area contributed by atoms with Gasteiger partial charge in [0.2, 0.25) is 0 Å². The molecule has 94 valence electrons. The molecule has 0 aromatic heterocycles. The number of rotatable bonds is 5. The molecule has 1 fully saturated rings. The van der Waals surface area contributed by atoms with Gasteiger partial charge in [-0.1, -0.05) is 11.6 Å². The monoisotopic (exact) mass is 265 g/mol. The van der Waals surface area contributed by atoms with E-state index in [0.717, 1.165) is 12.8 Å². The number of hydrogen-bond acceptors (Lipinski definition) is 4. The topological polar surface area (TPSA) is 70.2 Å². The highest BCUT2D eigenvalue weighted by Gasteiger charge is 2.32. The molecule has 0 aliphatic heterocycles. The highest BCUT2D eigenvalue weighted by molar-refractivity contribution is 6.30. The molecule has 1 aromatic rings. The number of halogens is 1. The van der Waals surface area contributed by atoms with Gasteiger partial charge in [-0.15, -0.1) is 0 Å². The summed E-state index contributed by atoms with van der Waals surface area (Å²) in [7, 11) is 0. The third kappa shape index (κ3) is 2.71. The third-order valence-electron chi connectivity index (χ3n) is 2.90. The Labute approximate surface area is 110 Å². The molecule has 0 atom stereocenters. The van der Waals surface area contributed by atoms with E-state index in [-0.39, 0.29) is 5.69 Å². The maximum Gasteiger partial charge on any atom is 0.294 e. The third-order valence-corrected chi connectivity index (χ3v) is 3.13. The number of nitrogens with zero attached hydrogens (tertiary/aromatic N) is 3. The summed E-state index contributed by atoms with van der Waals surface area (Å²) >= 11 is 5.79. The van der Waals surface area contributed by atoms with Crippen molar-refractivity contribution in [3.8, 4) is 6.07 Å². The van der Waals surface area contributed by atoms with Gasteiger partial charge in [-0.3, -0.25) is 10.1 Å². The molecule has 6 heteroatoms. The summed E-state index contributed by atoms with van der Waals surface area (Å²) < 4.78 is 0.